The van der Waals surface area contributed by atoms with Crippen LogP contribution in [0.4, 0.5) is 13.2 Å². The number of hydrogen-bond acceptors (Lipinski definition) is 5. The third-order valence-corrected chi connectivity index (χ3v) is 6.88. The molecule has 1 unspecified atom stereocenters. The summed E-state index contributed by atoms with van der Waals surface area (Å²) in [4.78, 5) is 10.7. The number of halogens is 3. The summed E-state index contributed by atoms with van der Waals surface area (Å²) in [7, 11) is 1.94. The first-order chi connectivity index (χ1) is 17.2. The van der Waals surface area contributed by atoms with Gasteiger partial charge in [0.05, 0.1) is 12.1 Å². The molecule has 4 rings (SSSR count). The van der Waals surface area contributed by atoms with Crippen LogP contribution in [0.25, 0.3) is 0 Å². The van der Waals surface area contributed by atoms with Crippen molar-refractivity contribution in [2.75, 3.05) is 20.1 Å². The van der Waals surface area contributed by atoms with Crippen LogP contribution in [0.2, 0.25) is 0 Å². The molecule has 2 aromatic heterocycles. The van der Waals surface area contributed by atoms with Crippen LogP contribution in [0.5, 0.6) is 0 Å². The highest BCUT2D eigenvalue weighted by atomic mass is 19.4. The van der Waals surface area contributed by atoms with Gasteiger partial charge in [-0.2, -0.15) is 13.2 Å². The van der Waals surface area contributed by atoms with E-state index in [4.69, 9.17) is 0 Å². The summed E-state index contributed by atoms with van der Waals surface area (Å²) in [6, 6.07) is 13.0. The largest absolute Gasteiger partial charge is 0.393 e. The van der Waals surface area contributed by atoms with Crippen LogP contribution in [0, 0.1) is 24.2 Å². The number of alkyl halides is 3. The highest BCUT2D eigenvalue weighted by Gasteiger charge is 2.55. The van der Waals surface area contributed by atoms with E-state index in [-0.39, 0.29) is 5.56 Å². The van der Waals surface area contributed by atoms with Crippen molar-refractivity contribution in [3.05, 3.63) is 94.6 Å². The zero-order valence-corrected chi connectivity index (χ0v) is 21.3. The normalized spacial score (nSPS) is 18.6. The first-order valence-electron chi connectivity index (χ1n) is 11.9. The first-order valence-corrected chi connectivity index (χ1v) is 11.9. The standard InChI is InChI=1S/C29H30F3N3O2/c1-20-6-5-7-25(34-20)27(3,36)13-12-22-14-24(17-33-16-22)29(37,26(2)18-35(4)19-26)23-10-8-21(9-11-23)15-28(30,31)32/h5-11,14,16-17,36-37H,15,18-19H2,1-4H3/t27?,29-/m0/s1. The molecule has 0 saturated carbocycles. The summed E-state index contributed by atoms with van der Waals surface area (Å²) in [6.07, 6.45) is -2.25. The number of hydrogen-bond donors (Lipinski definition) is 2. The first kappa shape index (κ1) is 26.8. The van der Waals surface area contributed by atoms with Gasteiger partial charge in [-0.15, -0.1) is 0 Å². The maximum atomic E-state index is 12.9. The van der Waals surface area contributed by atoms with E-state index in [1.165, 1.54) is 12.1 Å². The van der Waals surface area contributed by atoms with Crippen molar-refractivity contribution in [1.29, 1.82) is 0 Å². The highest BCUT2D eigenvalue weighted by molar-refractivity contribution is 5.45. The summed E-state index contributed by atoms with van der Waals surface area (Å²) in [6.45, 7) is 6.50. The number of likely N-dealkylation sites (tertiary alicyclic amines) is 1. The van der Waals surface area contributed by atoms with Crippen LogP contribution in [0.1, 0.15) is 47.5 Å². The van der Waals surface area contributed by atoms with Crippen LogP contribution in [0.3, 0.4) is 0 Å². The van der Waals surface area contributed by atoms with Crippen LogP contribution in [-0.2, 0) is 17.6 Å². The lowest BCUT2D eigenvalue weighted by Gasteiger charge is -2.55. The molecule has 37 heavy (non-hydrogen) atoms. The molecule has 0 bridgehead atoms. The minimum absolute atomic E-state index is 0.124. The van der Waals surface area contributed by atoms with Gasteiger partial charge in [-0.05, 0) is 50.2 Å². The van der Waals surface area contributed by atoms with Crippen molar-refractivity contribution in [1.82, 2.24) is 14.9 Å². The molecule has 1 aliphatic heterocycles. The molecule has 3 aromatic rings. The molecule has 2 N–H and O–H groups in total. The summed E-state index contributed by atoms with van der Waals surface area (Å²) in [5.74, 6) is 5.80. The van der Waals surface area contributed by atoms with Gasteiger partial charge in [0, 0.05) is 47.7 Å². The molecule has 1 fully saturated rings. The van der Waals surface area contributed by atoms with Gasteiger partial charge < -0.3 is 15.1 Å². The Balaban J connectivity index is 1.73. The smallest absolute Gasteiger partial charge is 0.380 e. The van der Waals surface area contributed by atoms with E-state index in [1.54, 1.807) is 49.6 Å². The van der Waals surface area contributed by atoms with E-state index in [9.17, 15) is 23.4 Å². The fraction of sp³-hybridized carbons (Fsp3) is 0.379. The lowest BCUT2D eigenvalue weighted by atomic mass is 9.62. The highest BCUT2D eigenvalue weighted by Crippen LogP contribution is 2.50. The summed E-state index contributed by atoms with van der Waals surface area (Å²) < 4.78 is 38.6. The van der Waals surface area contributed by atoms with Gasteiger partial charge in [0.25, 0.3) is 0 Å². The van der Waals surface area contributed by atoms with Gasteiger partial charge in [0.15, 0.2) is 5.60 Å². The Morgan fingerprint density at radius 1 is 1.03 bits per heavy atom. The number of aliphatic hydroxyl groups is 2. The van der Waals surface area contributed by atoms with Gasteiger partial charge in [-0.25, -0.2) is 0 Å². The zero-order chi connectivity index (χ0) is 27.1. The minimum atomic E-state index is -4.31. The van der Waals surface area contributed by atoms with Crippen LogP contribution in [-0.4, -0.2) is 51.4 Å². The summed E-state index contributed by atoms with van der Waals surface area (Å²) in [5.41, 5.74) is -0.899. The van der Waals surface area contributed by atoms with Crippen LogP contribution < -0.4 is 0 Å². The predicted octanol–water partition coefficient (Wildman–Crippen LogP) is 4.34. The van der Waals surface area contributed by atoms with Crippen molar-refractivity contribution in [2.24, 2.45) is 5.41 Å². The Labute approximate surface area is 215 Å². The number of benzene rings is 1. The summed E-state index contributed by atoms with van der Waals surface area (Å²) >= 11 is 0. The van der Waals surface area contributed by atoms with Crippen molar-refractivity contribution in [3.8, 4) is 11.8 Å². The fourth-order valence-corrected chi connectivity index (χ4v) is 5.11. The van der Waals surface area contributed by atoms with Crippen molar-refractivity contribution in [3.63, 3.8) is 0 Å². The molecule has 1 aromatic carbocycles. The topological polar surface area (TPSA) is 69.5 Å². The molecule has 5 nitrogen and oxygen atoms in total. The van der Waals surface area contributed by atoms with E-state index in [2.05, 4.69) is 26.7 Å². The van der Waals surface area contributed by atoms with Crippen LogP contribution in [0.15, 0.2) is 60.9 Å². The van der Waals surface area contributed by atoms with E-state index >= 15 is 0 Å². The van der Waals surface area contributed by atoms with E-state index in [0.29, 0.717) is 35.5 Å². The minimum Gasteiger partial charge on any atom is -0.380 e. The van der Waals surface area contributed by atoms with Gasteiger partial charge in [-0.3, -0.25) is 9.97 Å². The molecule has 1 aliphatic rings. The average Bonchev–Trinajstić information content (AvgIpc) is 2.81. The molecule has 8 heteroatoms. The van der Waals surface area contributed by atoms with Gasteiger partial charge in [0.1, 0.15) is 5.60 Å². The molecule has 2 atom stereocenters. The SMILES string of the molecule is Cc1cccc(C(C)(O)C#Cc2cncc([C@@](O)(c3ccc(CC(F)(F)F)cc3)C3(C)CN(C)C3)c2)n1. The lowest BCUT2D eigenvalue weighted by molar-refractivity contribution is -0.128. The Morgan fingerprint density at radius 3 is 2.30 bits per heavy atom. The number of aromatic nitrogens is 2. The molecule has 194 valence electrons. The van der Waals surface area contributed by atoms with Gasteiger partial charge >= 0.3 is 6.18 Å². The average molecular weight is 510 g/mol. The van der Waals surface area contributed by atoms with Crippen LogP contribution >= 0.6 is 0 Å². The molecule has 0 aliphatic carbocycles. The predicted molar refractivity (Wildman–Crippen MR) is 134 cm³/mol. The second-order valence-corrected chi connectivity index (χ2v) is 10.4. The maximum Gasteiger partial charge on any atom is 0.393 e. The maximum absolute atomic E-state index is 12.9. The molecule has 0 amide bonds. The van der Waals surface area contributed by atoms with Crippen molar-refractivity contribution >= 4 is 0 Å². The molecular weight excluding hydrogens is 479 g/mol. The molecule has 1 saturated heterocycles. The Bertz CT molecular complexity index is 1340. The van der Waals surface area contributed by atoms with Gasteiger partial charge in [0.2, 0.25) is 0 Å². The molecule has 3 heterocycles. The molecular formula is C29H30F3N3O2. The Hall–Kier alpha value is -3.25. The summed E-state index contributed by atoms with van der Waals surface area (Å²) in [5, 5.41) is 23.1. The number of aryl methyl sites for hydroxylation is 1. The Kier molecular flexibility index (Phi) is 6.93. The third kappa shape index (κ3) is 5.54. The number of nitrogens with zero attached hydrogens (tertiary/aromatic N) is 3. The Morgan fingerprint density at radius 2 is 1.70 bits per heavy atom. The zero-order valence-electron chi connectivity index (χ0n) is 21.3. The number of pyridine rings is 2. The second-order valence-electron chi connectivity index (χ2n) is 10.4. The second kappa shape index (κ2) is 9.56. The lowest BCUT2D eigenvalue weighted by Crippen LogP contribution is -2.63. The monoisotopic (exact) mass is 509 g/mol. The van der Waals surface area contributed by atoms with Gasteiger partial charge in [-0.1, -0.05) is 49.1 Å². The van der Waals surface area contributed by atoms with E-state index in [0.717, 1.165) is 5.69 Å². The van der Waals surface area contributed by atoms with E-state index < -0.39 is 29.2 Å². The van der Waals surface area contributed by atoms with Crippen molar-refractivity contribution in [2.45, 2.75) is 44.6 Å². The fourth-order valence-electron chi connectivity index (χ4n) is 5.11. The molecule has 0 spiro atoms. The van der Waals surface area contributed by atoms with E-state index in [1.807, 2.05) is 27.0 Å². The third-order valence-electron chi connectivity index (χ3n) is 6.88. The quantitative estimate of drug-likeness (QED) is 0.501. The van der Waals surface area contributed by atoms with Crippen molar-refractivity contribution < 1.29 is 23.4 Å². The molecule has 0 radical (unpaired) electrons. The number of rotatable bonds is 5.